The van der Waals surface area contributed by atoms with Gasteiger partial charge < -0.3 is 20.5 Å². The molecule has 1 aliphatic rings. The highest BCUT2D eigenvalue weighted by atomic mass is 16.1. The van der Waals surface area contributed by atoms with Crippen LogP contribution in [0.3, 0.4) is 0 Å². The van der Waals surface area contributed by atoms with Crippen molar-refractivity contribution in [3.05, 3.63) is 60.3 Å². The molecule has 3 N–H and O–H groups in total. The summed E-state index contributed by atoms with van der Waals surface area (Å²) >= 11 is 0. The van der Waals surface area contributed by atoms with Gasteiger partial charge in [0.2, 0.25) is 5.95 Å². The molecular formula is C25H28N6O. The molecule has 2 aromatic heterocycles. The Bertz CT molecular complexity index is 1220. The van der Waals surface area contributed by atoms with E-state index >= 15 is 0 Å². The van der Waals surface area contributed by atoms with Crippen LogP contribution in [-0.4, -0.2) is 47.0 Å². The largest absolute Gasteiger partial charge is 0.362 e. The average molecular weight is 429 g/mol. The molecule has 0 unspecified atom stereocenters. The molecule has 2 heterocycles. The monoisotopic (exact) mass is 428 g/mol. The summed E-state index contributed by atoms with van der Waals surface area (Å²) in [5.41, 5.74) is 2.54. The van der Waals surface area contributed by atoms with E-state index in [1.165, 1.54) is 0 Å². The number of aromatic nitrogens is 3. The first kappa shape index (κ1) is 20.3. The van der Waals surface area contributed by atoms with Crippen molar-refractivity contribution in [2.45, 2.75) is 37.8 Å². The van der Waals surface area contributed by atoms with E-state index in [1.54, 1.807) is 0 Å². The van der Waals surface area contributed by atoms with E-state index in [4.69, 9.17) is 9.97 Å². The zero-order valence-electron chi connectivity index (χ0n) is 18.4. The second-order valence-corrected chi connectivity index (χ2v) is 8.72. The number of fused-ring (bicyclic) bond motifs is 2. The van der Waals surface area contributed by atoms with Gasteiger partial charge in [0.1, 0.15) is 11.5 Å². The maximum absolute atomic E-state index is 12.7. The highest BCUT2D eigenvalue weighted by Crippen LogP contribution is 2.26. The summed E-state index contributed by atoms with van der Waals surface area (Å²) in [4.78, 5) is 27.4. The van der Waals surface area contributed by atoms with Crippen LogP contribution in [0.25, 0.3) is 21.8 Å². The average Bonchev–Trinajstić information content (AvgIpc) is 3.24. The minimum absolute atomic E-state index is 0.0360. The molecule has 0 bridgehead atoms. The van der Waals surface area contributed by atoms with Gasteiger partial charge in [-0.25, -0.2) is 4.98 Å². The molecule has 7 heteroatoms. The summed E-state index contributed by atoms with van der Waals surface area (Å²) in [5, 5.41) is 8.82. The van der Waals surface area contributed by atoms with Gasteiger partial charge >= 0.3 is 0 Å². The number of para-hydroxylation sites is 2. The third-order valence-corrected chi connectivity index (χ3v) is 6.18. The second kappa shape index (κ2) is 8.49. The van der Waals surface area contributed by atoms with Gasteiger partial charge in [-0.05, 0) is 49.9 Å². The summed E-state index contributed by atoms with van der Waals surface area (Å²) in [7, 11) is 4.00. The van der Waals surface area contributed by atoms with Crippen LogP contribution in [0.5, 0.6) is 0 Å². The Kier molecular flexibility index (Phi) is 5.39. The van der Waals surface area contributed by atoms with Gasteiger partial charge in [-0.15, -0.1) is 0 Å². The van der Waals surface area contributed by atoms with Crippen molar-refractivity contribution in [3.63, 3.8) is 0 Å². The lowest BCUT2D eigenvalue weighted by molar-refractivity contribution is 0.0922. The van der Waals surface area contributed by atoms with Gasteiger partial charge in [-0.1, -0.05) is 30.3 Å². The van der Waals surface area contributed by atoms with E-state index in [-0.39, 0.29) is 11.9 Å². The minimum atomic E-state index is -0.0360. The number of aromatic amines is 1. The van der Waals surface area contributed by atoms with Crippen molar-refractivity contribution in [2.75, 3.05) is 24.3 Å². The molecule has 0 atom stereocenters. The number of nitrogens with one attached hydrogen (secondary N) is 3. The molecule has 32 heavy (non-hydrogen) atoms. The molecular weight excluding hydrogens is 400 g/mol. The molecule has 0 spiro atoms. The predicted molar refractivity (Wildman–Crippen MR) is 129 cm³/mol. The fourth-order valence-corrected chi connectivity index (χ4v) is 4.49. The molecule has 2 aromatic carbocycles. The van der Waals surface area contributed by atoms with E-state index in [0.29, 0.717) is 17.7 Å². The lowest BCUT2D eigenvalue weighted by Gasteiger charge is -2.29. The van der Waals surface area contributed by atoms with Crippen molar-refractivity contribution in [2.24, 2.45) is 0 Å². The fourth-order valence-electron chi connectivity index (χ4n) is 4.49. The number of hydrogen-bond acceptors (Lipinski definition) is 5. The van der Waals surface area contributed by atoms with Gasteiger partial charge in [-0.3, -0.25) is 4.79 Å². The Hall–Kier alpha value is -3.61. The number of anilines is 2. The smallest absolute Gasteiger partial charge is 0.267 e. The van der Waals surface area contributed by atoms with Gasteiger partial charge in [0, 0.05) is 42.5 Å². The number of carbonyl (C=O) groups is 1. The number of hydrogen-bond donors (Lipinski definition) is 3. The Balaban J connectivity index is 1.21. The molecule has 1 fully saturated rings. The lowest BCUT2D eigenvalue weighted by Crippen LogP contribution is -2.40. The van der Waals surface area contributed by atoms with Gasteiger partial charge in [0.25, 0.3) is 5.91 Å². The maximum Gasteiger partial charge on any atom is 0.267 e. The van der Waals surface area contributed by atoms with Crippen molar-refractivity contribution in [1.82, 2.24) is 20.3 Å². The summed E-state index contributed by atoms with van der Waals surface area (Å²) < 4.78 is 0. The number of amides is 1. The van der Waals surface area contributed by atoms with Crippen LogP contribution in [0.1, 0.15) is 36.2 Å². The van der Waals surface area contributed by atoms with Crippen LogP contribution in [-0.2, 0) is 0 Å². The highest BCUT2D eigenvalue weighted by molar-refractivity contribution is 5.98. The zero-order valence-corrected chi connectivity index (χ0v) is 18.4. The second-order valence-electron chi connectivity index (χ2n) is 8.72. The standard InChI is InChI=1S/C25H28N6O/c1-31(2)23-19-8-4-6-10-21(19)29-25(30-23)27-18-13-11-17(12-14-18)26-24(32)22-15-16-7-3-5-9-20(16)28-22/h3-10,15,17-18,28H,11-14H2,1-2H3,(H,26,32)(H,27,29,30). The molecule has 5 rings (SSSR count). The van der Waals surface area contributed by atoms with Gasteiger partial charge in [-0.2, -0.15) is 4.98 Å². The van der Waals surface area contributed by atoms with E-state index < -0.39 is 0 Å². The Morgan fingerprint density at radius 2 is 1.69 bits per heavy atom. The minimum Gasteiger partial charge on any atom is -0.362 e. The SMILES string of the molecule is CN(C)c1nc(NC2CCC(NC(=O)c3cc4ccccc4[nH]3)CC2)nc2ccccc12. The number of rotatable bonds is 5. The van der Waals surface area contributed by atoms with E-state index in [2.05, 4.69) is 21.7 Å². The normalized spacial score (nSPS) is 18.6. The van der Waals surface area contributed by atoms with Crippen LogP contribution in [0.2, 0.25) is 0 Å². The first-order valence-corrected chi connectivity index (χ1v) is 11.2. The molecule has 0 saturated heterocycles. The Morgan fingerprint density at radius 3 is 2.47 bits per heavy atom. The van der Waals surface area contributed by atoms with Crippen molar-refractivity contribution < 1.29 is 4.79 Å². The summed E-state index contributed by atoms with van der Waals surface area (Å²) in [5.74, 6) is 1.54. The number of nitrogens with zero attached hydrogens (tertiary/aromatic N) is 3. The third kappa shape index (κ3) is 4.10. The van der Waals surface area contributed by atoms with Crippen LogP contribution >= 0.6 is 0 Å². The first-order chi connectivity index (χ1) is 15.6. The number of carbonyl (C=O) groups excluding carboxylic acids is 1. The molecule has 1 aliphatic carbocycles. The topological polar surface area (TPSA) is 85.9 Å². The molecule has 164 valence electrons. The van der Waals surface area contributed by atoms with Gasteiger partial charge in [0.15, 0.2) is 0 Å². The number of benzene rings is 2. The van der Waals surface area contributed by atoms with Crippen molar-refractivity contribution in [1.29, 1.82) is 0 Å². The van der Waals surface area contributed by atoms with E-state index in [1.807, 2.05) is 67.5 Å². The molecule has 0 radical (unpaired) electrons. The predicted octanol–water partition coefficient (Wildman–Crippen LogP) is 4.33. The van der Waals surface area contributed by atoms with Crippen molar-refractivity contribution >= 4 is 39.5 Å². The Morgan fingerprint density at radius 1 is 0.969 bits per heavy atom. The molecule has 4 aromatic rings. The van der Waals surface area contributed by atoms with Crippen LogP contribution in [0.4, 0.5) is 11.8 Å². The fraction of sp³-hybridized carbons (Fsp3) is 0.320. The van der Waals surface area contributed by atoms with Crippen LogP contribution in [0, 0.1) is 0 Å². The third-order valence-electron chi connectivity index (χ3n) is 6.18. The first-order valence-electron chi connectivity index (χ1n) is 11.2. The van der Waals surface area contributed by atoms with E-state index in [9.17, 15) is 4.79 Å². The van der Waals surface area contributed by atoms with Crippen LogP contribution in [0.15, 0.2) is 54.6 Å². The summed E-state index contributed by atoms with van der Waals surface area (Å²) in [6.45, 7) is 0. The van der Waals surface area contributed by atoms with Gasteiger partial charge in [0.05, 0.1) is 5.52 Å². The highest BCUT2D eigenvalue weighted by Gasteiger charge is 2.24. The van der Waals surface area contributed by atoms with Crippen LogP contribution < -0.4 is 15.5 Å². The van der Waals surface area contributed by atoms with Crippen molar-refractivity contribution in [3.8, 4) is 0 Å². The molecule has 1 amide bonds. The quantitative estimate of drug-likeness (QED) is 0.441. The maximum atomic E-state index is 12.7. The number of H-pyrrole nitrogens is 1. The Labute approximate surface area is 187 Å². The summed E-state index contributed by atoms with van der Waals surface area (Å²) in [6, 6.07) is 18.4. The summed E-state index contributed by atoms with van der Waals surface area (Å²) in [6.07, 6.45) is 3.78. The molecule has 1 saturated carbocycles. The lowest BCUT2D eigenvalue weighted by atomic mass is 9.91. The molecule has 7 nitrogen and oxygen atoms in total. The zero-order chi connectivity index (χ0) is 22.1. The molecule has 0 aliphatic heterocycles. The van der Waals surface area contributed by atoms with E-state index in [0.717, 1.165) is 53.3 Å².